The van der Waals surface area contributed by atoms with Crippen LogP contribution < -0.4 is 9.64 Å². The SMILES string of the molecule is Cc1cccc(OCCN2C(=O)C3(OCCCO3)c3cc(Br)ccc32)c1. The monoisotopic (exact) mass is 417 g/mol. The number of anilines is 1. The Morgan fingerprint density at radius 3 is 2.77 bits per heavy atom. The van der Waals surface area contributed by atoms with Crippen molar-refractivity contribution >= 4 is 27.5 Å². The van der Waals surface area contributed by atoms with Crippen LogP contribution in [0.1, 0.15) is 17.5 Å². The molecule has 6 heteroatoms. The van der Waals surface area contributed by atoms with Gasteiger partial charge in [-0.2, -0.15) is 0 Å². The zero-order valence-corrected chi connectivity index (χ0v) is 16.1. The van der Waals surface area contributed by atoms with Gasteiger partial charge in [0.2, 0.25) is 0 Å². The lowest BCUT2D eigenvalue weighted by Gasteiger charge is -2.32. The quantitative estimate of drug-likeness (QED) is 0.759. The molecule has 0 unspecified atom stereocenters. The fourth-order valence-corrected chi connectivity index (χ4v) is 3.76. The van der Waals surface area contributed by atoms with Crippen LogP contribution in [-0.4, -0.2) is 32.3 Å². The first kappa shape index (κ1) is 17.5. The summed E-state index contributed by atoms with van der Waals surface area (Å²) in [6, 6.07) is 13.6. The maximum absolute atomic E-state index is 13.2. The zero-order valence-electron chi connectivity index (χ0n) is 14.5. The Balaban J connectivity index is 1.56. The van der Waals surface area contributed by atoms with Gasteiger partial charge in [-0.3, -0.25) is 4.79 Å². The summed E-state index contributed by atoms with van der Waals surface area (Å²) in [7, 11) is 0. The summed E-state index contributed by atoms with van der Waals surface area (Å²) in [5, 5.41) is 0. The molecule has 2 heterocycles. The molecule has 0 radical (unpaired) electrons. The van der Waals surface area contributed by atoms with Gasteiger partial charge in [0.1, 0.15) is 12.4 Å². The highest BCUT2D eigenvalue weighted by Gasteiger charge is 2.54. The van der Waals surface area contributed by atoms with E-state index in [1.54, 1.807) is 4.90 Å². The molecule has 1 saturated heterocycles. The third-order valence-electron chi connectivity index (χ3n) is 4.60. The van der Waals surface area contributed by atoms with Crippen molar-refractivity contribution in [3.8, 4) is 5.75 Å². The molecule has 0 aliphatic carbocycles. The highest BCUT2D eigenvalue weighted by atomic mass is 79.9. The second-order valence-corrected chi connectivity index (χ2v) is 7.37. The summed E-state index contributed by atoms with van der Waals surface area (Å²) in [5.74, 6) is -0.702. The van der Waals surface area contributed by atoms with Crippen LogP contribution in [0.25, 0.3) is 0 Å². The number of carbonyl (C=O) groups excluding carboxylic acids is 1. The molecule has 0 N–H and O–H groups in total. The van der Waals surface area contributed by atoms with Crippen molar-refractivity contribution in [1.29, 1.82) is 0 Å². The number of hydrogen-bond acceptors (Lipinski definition) is 4. The lowest BCUT2D eigenvalue weighted by atomic mass is 10.1. The van der Waals surface area contributed by atoms with Crippen molar-refractivity contribution in [3.05, 3.63) is 58.1 Å². The van der Waals surface area contributed by atoms with E-state index in [9.17, 15) is 4.79 Å². The molecule has 1 fully saturated rings. The van der Waals surface area contributed by atoms with Crippen molar-refractivity contribution in [1.82, 2.24) is 0 Å². The number of aryl methyl sites for hydroxylation is 1. The molecule has 0 atom stereocenters. The average Bonchev–Trinajstić information content (AvgIpc) is 2.85. The summed E-state index contributed by atoms with van der Waals surface area (Å²) in [5.41, 5.74) is 2.71. The molecule has 5 nitrogen and oxygen atoms in total. The molecule has 0 saturated carbocycles. The van der Waals surface area contributed by atoms with E-state index in [2.05, 4.69) is 15.9 Å². The Morgan fingerprint density at radius 2 is 2.00 bits per heavy atom. The molecule has 136 valence electrons. The Bertz CT molecular complexity index is 832. The van der Waals surface area contributed by atoms with Gasteiger partial charge in [0, 0.05) is 10.0 Å². The smallest absolute Gasteiger partial charge is 0.292 e. The Hall–Kier alpha value is -1.89. The number of fused-ring (bicyclic) bond motifs is 2. The Labute approximate surface area is 161 Å². The molecule has 0 bridgehead atoms. The number of rotatable bonds is 4. The van der Waals surface area contributed by atoms with Crippen molar-refractivity contribution in [2.24, 2.45) is 0 Å². The van der Waals surface area contributed by atoms with E-state index in [0.29, 0.717) is 26.4 Å². The molecule has 4 rings (SSSR count). The molecule has 26 heavy (non-hydrogen) atoms. The van der Waals surface area contributed by atoms with Gasteiger partial charge in [-0.15, -0.1) is 0 Å². The van der Waals surface area contributed by atoms with E-state index in [-0.39, 0.29) is 5.91 Å². The summed E-state index contributed by atoms with van der Waals surface area (Å²) >= 11 is 3.48. The summed E-state index contributed by atoms with van der Waals surface area (Å²) < 4.78 is 18.4. The van der Waals surface area contributed by atoms with E-state index in [4.69, 9.17) is 14.2 Å². The maximum Gasteiger partial charge on any atom is 0.292 e. The standard InChI is InChI=1S/C20H20BrNO4/c1-14-4-2-5-16(12-14)24-11-8-22-18-7-6-15(21)13-17(18)20(19(22)23)25-9-3-10-26-20/h2,4-7,12-13H,3,8-11H2,1H3. The highest BCUT2D eigenvalue weighted by molar-refractivity contribution is 9.10. The fraction of sp³-hybridized carbons (Fsp3) is 0.350. The molecule has 1 amide bonds. The Morgan fingerprint density at radius 1 is 1.19 bits per heavy atom. The first-order chi connectivity index (χ1) is 12.6. The molecule has 2 aliphatic rings. The second-order valence-electron chi connectivity index (χ2n) is 6.45. The summed E-state index contributed by atoms with van der Waals surface area (Å²) in [6.45, 7) is 3.85. The first-order valence-corrected chi connectivity index (χ1v) is 9.49. The molecule has 0 aromatic heterocycles. The third kappa shape index (κ3) is 3.02. The van der Waals surface area contributed by atoms with Gasteiger partial charge in [-0.1, -0.05) is 28.1 Å². The lowest BCUT2D eigenvalue weighted by molar-refractivity contribution is -0.256. The van der Waals surface area contributed by atoms with E-state index in [1.807, 2.05) is 49.4 Å². The van der Waals surface area contributed by atoms with Crippen LogP contribution >= 0.6 is 15.9 Å². The predicted octanol–water partition coefficient (Wildman–Crippen LogP) is 3.77. The van der Waals surface area contributed by atoms with Crippen LogP contribution in [-0.2, 0) is 20.1 Å². The molecule has 2 aromatic carbocycles. The Kier molecular flexibility index (Phi) is 4.73. The summed E-state index contributed by atoms with van der Waals surface area (Å²) in [6.07, 6.45) is 0.787. The van der Waals surface area contributed by atoms with E-state index >= 15 is 0 Å². The van der Waals surface area contributed by atoms with Gasteiger partial charge >= 0.3 is 0 Å². The second kappa shape index (κ2) is 7.02. The van der Waals surface area contributed by atoms with Gasteiger partial charge in [0.05, 0.1) is 25.4 Å². The number of halogens is 1. The van der Waals surface area contributed by atoms with Crippen molar-refractivity contribution in [2.75, 3.05) is 31.3 Å². The number of hydrogen-bond donors (Lipinski definition) is 0. The van der Waals surface area contributed by atoms with Crippen LogP contribution in [0.2, 0.25) is 0 Å². The third-order valence-corrected chi connectivity index (χ3v) is 5.10. The van der Waals surface area contributed by atoms with Crippen molar-refractivity contribution in [2.45, 2.75) is 19.1 Å². The van der Waals surface area contributed by atoms with Gasteiger partial charge in [0.15, 0.2) is 0 Å². The minimum Gasteiger partial charge on any atom is -0.492 e. The lowest BCUT2D eigenvalue weighted by Crippen LogP contribution is -2.48. The zero-order chi connectivity index (χ0) is 18.1. The number of carbonyl (C=O) groups is 1. The highest BCUT2D eigenvalue weighted by Crippen LogP contribution is 2.46. The number of amides is 1. The molecule has 2 aliphatic heterocycles. The predicted molar refractivity (Wildman–Crippen MR) is 101 cm³/mol. The largest absolute Gasteiger partial charge is 0.492 e. The molecule has 2 aromatic rings. The minimum atomic E-state index is -1.32. The van der Waals surface area contributed by atoms with Gasteiger partial charge in [0.25, 0.3) is 11.7 Å². The topological polar surface area (TPSA) is 48.0 Å². The van der Waals surface area contributed by atoms with Crippen LogP contribution in [0.4, 0.5) is 5.69 Å². The average molecular weight is 418 g/mol. The number of nitrogens with zero attached hydrogens (tertiary/aromatic N) is 1. The van der Waals surface area contributed by atoms with E-state index < -0.39 is 5.79 Å². The fourth-order valence-electron chi connectivity index (χ4n) is 3.40. The van der Waals surface area contributed by atoms with Gasteiger partial charge < -0.3 is 19.1 Å². The summed E-state index contributed by atoms with van der Waals surface area (Å²) in [4.78, 5) is 14.8. The number of benzene rings is 2. The minimum absolute atomic E-state index is 0.182. The van der Waals surface area contributed by atoms with Crippen LogP contribution in [0, 0.1) is 6.92 Å². The van der Waals surface area contributed by atoms with Crippen LogP contribution in [0.3, 0.4) is 0 Å². The number of ether oxygens (including phenoxy) is 3. The van der Waals surface area contributed by atoms with Gasteiger partial charge in [-0.25, -0.2) is 0 Å². The first-order valence-electron chi connectivity index (χ1n) is 8.69. The molecular formula is C20H20BrNO4. The van der Waals surface area contributed by atoms with Crippen molar-refractivity contribution in [3.63, 3.8) is 0 Å². The van der Waals surface area contributed by atoms with E-state index in [1.165, 1.54) is 0 Å². The van der Waals surface area contributed by atoms with E-state index in [0.717, 1.165) is 33.5 Å². The van der Waals surface area contributed by atoms with Crippen LogP contribution in [0.5, 0.6) is 5.75 Å². The van der Waals surface area contributed by atoms with Crippen LogP contribution in [0.15, 0.2) is 46.9 Å². The van der Waals surface area contributed by atoms with Gasteiger partial charge in [-0.05, 0) is 49.2 Å². The van der Waals surface area contributed by atoms with Crippen molar-refractivity contribution < 1.29 is 19.0 Å². The normalized spacial score (nSPS) is 18.2. The molecule has 1 spiro atoms. The molecular weight excluding hydrogens is 398 g/mol. The maximum atomic E-state index is 13.2.